The van der Waals surface area contributed by atoms with Crippen LogP contribution in [-0.4, -0.2) is 22.9 Å². The van der Waals surface area contributed by atoms with Crippen LogP contribution in [0.4, 0.5) is 28.4 Å². The molecule has 0 atom stereocenters. The van der Waals surface area contributed by atoms with Gasteiger partial charge < -0.3 is 19.6 Å². The molecule has 4 nitrogen and oxygen atoms in total. The molecule has 0 N–H and O–H groups in total. The van der Waals surface area contributed by atoms with E-state index in [2.05, 4.69) is 178 Å². The molecule has 3 aliphatic heterocycles. The summed E-state index contributed by atoms with van der Waals surface area (Å²) in [5.74, 6) is 0. The Labute approximate surface area is 255 Å². The molecular weight excluding hydrogens is 524 g/mol. The van der Waals surface area contributed by atoms with E-state index in [-0.39, 0.29) is 0 Å². The van der Waals surface area contributed by atoms with E-state index in [1.165, 1.54) is 45.1 Å². The van der Waals surface area contributed by atoms with Crippen molar-refractivity contribution < 1.29 is 0 Å². The van der Waals surface area contributed by atoms with Gasteiger partial charge in [0.15, 0.2) is 0 Å². The molecule has 212 valence electrons. The summed E-state index contributed by atoms with van der Waals surface area (Å²) < 4.78 is 0. The number of nitrogens with zero attached hydrogens (tertiary/aromatic N) is 4. The monoisotopic (exact) mass is 560 g/mol. The molecule has 3 aliphatic rings. The Morgan fingerprint density at radius 1 is 0.419 bits per heavy atom. The molecule has 0 unspecified atom stereocenters. The van der Waals surface area contributed by atoms with Crippen molar-refractivity contribution in [2.45, 2.75) is 19.4 Å². The van der Waals surface area contributed by atoms with Gasteiger partial charge in [-0.05, 0) is 90.3 Å². The molecule has 0 bridgehead atoms. The van der Waals surface area contributed by atoms with E-state index in [1.54, 1.807) is 0 Å². The highest BCUT2D eigenvalue weighted by atomic mass is 15.3. The number of hydrogen-bond acceptors (Lipinski definition) is 4. The summed E-state index contributed by atoms with van der Waals surface area (Å²) in [6, 6.07) is 38.8. The van der Waals surface area contributed by atoms with E-state index < -0.39 is 0 Å². The molecule has 0 saturated carbocycles. The van der Waals surface area contributed by atoms with Crippen LogP contribution in [0.1, 0.15) is 18.4 Å². The fourth-order valence-electron chi connectivity index (χ4n) is 6.03. The second-order valence-electron chi connectivity index (χ2n) is 11.1. The van der Waals surface area contributed by atoms with Gasteiger partial charge in [-0.3, -0.25) is 0 Å². The van der Waals surface area contributed by atoms with E-state index >= 15 is 0 Å². The molecule has 0 radical (unpaired) electrons. The van der Waals surface area contributed by atoms with Gasteiger partial charge in [0.1, 0.15) is 0 Å². The Morgan fingerprint density at radius 3 is 1.47 bits per heavy atom. The van der Waals surface area contributed by atoms with Gasteiger partial charge >= 0.3 is 0 Å². The van der Waals surface area contributed by atoms with E-state index in [4.69, 9.17) is 0 Å². The summed E-state index contributed by atoms with van der Waals surface area (Å²) in [5.41, 5.74) is 9.95. The third-order valence-electron chi connectivity index (χ3n) is 8.21. The minimum atomic E-state index is 0.885. The van der Waals surface area contributed by atoms with Gasteiger partial charge in [-0.15, -0.1) is 0 Å². The van der Waals surface area contributed by atoms with Crippen LogP contribution in [-0.2, 0) is 6.54 Å². The normalized spacial score (nSPS) is 15.3. The van der Waals surface area contributed by atoms with Crippen LogP contribution in [0.3, 0.4) is 0 Å². The SMILES string of the molecule is C1=CN(CCCCN2c3ccccc3N(c3ccccc3)c3ccccc32)C=CC1=C1C=CN(Cc2ccccc2)C=C1. The summed E-state index contributed by atoms with van der Waals surface area (Å²) in [6.07, 6.45) is 19.8. The maximum absolute atomic E-state index is 2.50. The second-order valence-corrected chi connectivity index (χ2v) is 11.1. The second kappa shape index (κ2) is 12.3. The van der Waals surface area contributed by atoms with Gasteiger partial charge in [-0.2, -0.15) is 0 Å². The average Bonchev–Trinajstić information content (AvgIpc) is 3.08. The average molecular weight is 561 g/mol. The number of hydrogen-bond donors (Lipinski definition) is 0. The van der Waals surface area contributed by atoms with Crippen LogP contribution in [0.2, 0.25) is 0 Å². The Hall–Kier alpha value is -5.22. The summed E-state index contributed by atoms with van der Waals surface area (Å²) in [5, 5.41) is 0. The molecule has 3 heterocycles. The summed E-state index contributed by atoms with van der Waals surface area (Å²) >= 11 is 0. The van der Waals surface area contributed by atoms with Crippen LogP contribution in [0.5, 0.6) is 0 Å². The zero-order valence-electron chi connectivity index (χ0n) is 24.3. The lowest BCUT2D eigenvalue weighted by Crippen LogP contribution is -2.28. The Balaban J connectivity index is 0.971. The highest BCUT2D eigenvalue weighted by Gasteiger charge is 2.28. The van der Waals surface area contributed by atoms with Crippen molar-refractivity contribution in [3.8, 4) is 0 Å². The minimum absolute atomic E-state index is 0.885. The lowest BCUT2D eigenvalue weighted by Gasteiger charge is -2.40. The first-order valence-corrected chi connectivity index (χ1v) is 15.2. The van der Waals surface area contributed by atoms with Crippen LogP contribution in [0.15, 0.2) is 169 Å². The van der Waals surface area contributed by atoms with E-state index in [0.29, 0.717) is 0 Å². The molecule has 0 saturated heterocycles. The van der Waals surface area contributed by atoms with Crippen LogP contribution in [0.25, 0.3) is 0 Å². The number of rotatable bonds is 8. The third-order valence-corrected chi connectivity index (χ3v) is 8.21. The van der Waals surface area contributed by atoms with Crippen LogP contribution in [0, 0.1) is 0 Å². The maximum Gasteiger partial charge on any atom is 0.0699 e. The smallest absolute Gasteiger partial charge is 0.0699 e. The predicted octanol–water partition coefficient (Wildman–Crippen LogP) is 9.57. The van der Waals surface area contributed by atoms with Crippen LogP contribution < -0.4 is 9.80 Å². The summed E-state index contributed by atoms with van der Waals surface area (Å²) in [4.78, 5) is 9.41. The molecular formula is C39H36N4. The molecule has 43 heavy (non-hydrogen) atoms. The molecule has 0 aliphatic carbocycles. The number of para-hydroxylation sites is 5. The first-order valence-electron chi connectivity index (χ1n) is 15.2. The summed E-state index contributed by atoms with van der Waals surface area (Å²) in [6.45, 7) is 2.86. The molecule has 0 fully saturated rings. The van der Waals surface area contributed by atoms with Crippen molar-refractivity contribution in [2.24, 2.45) is 0 Å². The molecule has 4 heteroatoms. The zero-order chi connectivity index (χ0) is 28.8. The highest BCUT2D eigenvalue weighted by molar-refractivity contribution is 5.97. The summed E-state index contributed by atoms with van der Waals surface area (Å²) in [7, 11) is 0. The number of benzene rings is 4. The number of fused-ring (bicyclic) bond motifs is 2. The molecule has 4 aromatic rings. The first-order chi connectivity index (χ1) is 21.3. The van der Waals surface area contributed by atoms with Crippen molar-refractivity contribution in [3.05, 3.63) is 175 Å². The topological polar surface area (TPSA) is 13.0 Å². The van der Waals surface area contributed by atoms with E-state index in [0.717, 1.165) is 32.5 Å². The van der Waals surface area contributed by atoms with Gasteiger partial charge in [0, 0.05) is 50.1 Å². The lowest BCUT2D eigenvalue weighted by molar-refractivity contribution is 0.476. The minimum Gasteiger partial charge on any atom is -0.354 e. The number of unbranched alkanes of at least 4 members (excludes halogenated alkanes) is 1. The third kappa shape index (κ3) is 5.77. The van der Waals surface area contributed by atoms with Gasteiger partial charge in [-0.25, -0.2) is 0 Å². The highest BCUT2D eigenvalue weighted by Crippen LogP contribution is 2.51. The lowest BCUT2D eigenvalue weighted by atomic mass is 10.0. The predicted molar refractivity (Wildman–Crippen MR) is 180 cm³/mol. The largest absolute Gasteiger partial charge is 0.354 e. The fourth-order valence-corrected chi connectivity index (χ4v) is 6.03. The van der Waals surface area contributed by atoms with Gasteiger partial charge in [0.05, 0.1) is 22.7 Å². The maximum atomic E-state index is 2.50. The van der Waals surface area contributed by atoms with Gasteiger partial charge in [0.2, 0.25) is 0 Å². The Morgan fingerprint density at radius 2 is 0.884 bits per heavy atom. The first kappa shape index (κ1) is 26.7. The molecule has 4 aromatic carbocycles. The molecule has 0 amide bonds. The zero-order valence-corrected chi connectivity index (χ0v) is 24.3. The van der Waals surface area contributed by atoms with E-state index in [1.807, 2.05) is 0 Å². The molecule has 0 spiro atoms. The quantitative estimate of drug-likeness (QED) is 0.199. The Kier molecular flexibility index (Phi) is 7.65. The van der Waals surface area contributed by atoms with Crippen molar-refractivity contribution in [3.63, 3.8) is 0 Å². The molecule has 7 rings (SSSR count). The fraction of sp³-hybridized carbons (Fsp3) is 0.128. The van der Waals surface area contributed by atoms with Crippen LogP contribution >= 0.6 is 0 Å². The molecule has 0 aromatic heterocycles. The van der Waals surface area contributed by atoms with Crippen molar-refractivity contribution in [1.29, 1.82) is 0 Å². The van der Waals surface area contributed by atoms with E-state index in [9.17, 15) is 0 Å². The number of anilines is 5. The van der Waals surface area contributed by atoms with Crippen molar-refractivity contribution in [2.75, 3.05) is 22.9 Å². The Bertz CT molecular complexity index is 1640. The number of allylic oxidation sites excluding steroid dienone is 6. The van der Waals surface area contributed by atoms with Crippen molar-refractivity contribution >= 4 is 28.4 Å². The van der Waals surface area contributed by atoms with Crippen molar-refractivity contribution in [1.82, 2.24) is 9.80 Å². The van der Waals surface area contributed by atoms with Gasteiger partial charge in [0.25, 0.3) is 0 Å². The standard InChI is InChI=1S/C39H36N4/c1-3-13-32(14-4-1)31-41-29-23-34(24-30-41)33-21-27-40(28-22-33)25-11-12-26-42-36-17-7-9-19-38(36)43(35-15-5-2-6-16-35)39-20-10-8-18-37(39)42/h1-10,13-24,27-30H,11-12,25-26,31H2. The van der Waals surface area contributed by atoms with Gasteiger partial charge in [-0.1, -0.05) is 72.8 Å².